The number of hydrogen-bond donors (Lipinski definition) is 4. The molecule has 0 spiro atoms. The quantitative estimate of drug-likeness (QED) is 0.217. The van der Waals surface area contributed by atoms with Gasteiger partial charge in [-0.2, -0.15) is 0 Å². The van der Waals surface area contributed by atoms with Crippen molar-refractivity contribution < 1.29 is 14.2 Å². The average molecular weight is 414 g/mol. The van der Waals surface area contributed by atoms with Crippen LogP contribution in [0.1, 0.15) is 37.7 Å². The molecule has 0 aliphatic carbocycles. The molecule has 1 amide bonds. The Bertz CT molecular complexity index is 953. The number of amides is 1. The zero-order valence-electron chi connectivity index (χ0n) is 16.3. The summed E-state index contributed by atoms with van der Waals surface area (Å²) < 4.78 is 15.3. The molecule has 0 radical (unpaired) electrons. The molecule has 0 bridgehead atoms. The van der Waals surface area contributed by atoms with Gasteiger partial charge in [0.05, 0.1) is 16.7 Å². The number of carbonyl (C=O) groups is 1. The molecule has 0 saturated heterocycles. The van der Waals surface area contributed by atoms with Crippen molar-refractivity contribution >= 4 is 27.8 Å². The van der Waals surface area contributed by atoms with Crippen molar-refractivity contribution in [1.29, 1.82) is 0 Å². The fraction of sp³-hybridized carbons (Fsp3) is 0.318. The third kappa shape index (κ3) is 6.52. The molecule has 6 nitrogen and oxygen atoms in total. The second-order valence-corrected chi connectivity index (χ2v) is 8.33. The van der Waals surface area contributed by atoms with E-state index in [1.165, 1.54) is 10.9 Å². The minimum absolute atomic E-state index is 0.338. The van der Waals surface area contributed by atoms with E-state index in [0.717, 1.165) is 42.3 Å². The summed E-state index contributed by atoms with van der Waals surface area (Å²) in [5, 5.41) is 9.60. The Morgan fingerprint density at radius 2 is 1.72 bits per heavy atom. The fourth-order valence-electron chi connectivity index (χ4n) is 3.23. The molecule has 7 heteroatoms. The van der Waals surface area contributed by atoms with E-state index in [0.29, 0.717) is 18.7 Å². The first-order valence-corrected chi connectivity index (χ1v) is 11.2. The minimum atomic E-state index is -1.10. The number of nitrogens with one attached hydrogen (secondary N) is 3. The van der Waals surface area contributed by atoms with Gasteiger partial charge in [0.1, 0.15) is 0 Å². The second-order valence-electron chi connectivity index (χ2n) is 7.06. The Labute approximate surface area is 173 Å². The van der Waals surface area contributed by atoms with E-state index >= 15 is 0 Å². The van der Waals surface area contributed by atoms with Crippen LogP contribution in [-0.2, 0) is 21.5 Å². The Balaban J connectivity index is 1.39. The maximum Gasteiger partial charge on any atom is 0.243 e. The molecule has 0 saturated carbocycles. The number of hydrogen-bond acceptors (Lipinski definition) is 3. The average Bonchev–Trinajstić information content (AvgIpc) is 3.21. The maximum absolute atomic E-state index is 12.2. The summed E-state index contributed by atoms with van der Waals surface area (Å²) in [6.07, 6.45) is 5.81. The van der Waals surface area contributed by atoms with Crippen LogP contribution in [-0.4, -0.2) is 26.9 Å². The number of carbonyl (C=O) groups excluding carboxylic acids is 1. The van der Waals surface area contributed by atoms with Crippen LogP contribution in [0.2, 0.25) is 0 Å². The van der Waals surface area contributed by atoms with Crippen molar-refractivity contribution in [2.45, 2.75) is 37.9 Å². The first-order valence-electron chi connectivity index (χ1n) is 9.87. The highest BCUT2D eigenvalue weighted by molar-refractivity contribution is 7.82. The number of H-pyrrole nitrogens is 1. The minimum Gasteiger partial charge on any atom is -0.361 e. The zero-order valence-corrected chi connectivity index (χ0v) is 17.1. The Morgan fingerprint density at radius 1 is 0.966 bits per heavy atom. The van der Waals surface area contributed by atoms with Crippen molar-refractivity contribution in [1.82, 2.24) is 15.2 Å². The third-order valence-electron chi connectivity index (χ3n) is 4.86. The lowest BCUT2D eigenvalue weighted by atomic mass is 10.0. The topological polar surface area (TPSA) is 94.2 Å². The molecule has 1 heterocycles. The van der Waals surface area contributed by atoms with Crippen molar-refractivity contribution in [3.63, 3.8) is 0 Å². The number of hydroxylamine groups is 1. The summed E-state index contributed by atoms with van der Waals surface area (Å²) in [5.74, 6) is 0.133. The van der Waals surface area contributed by atoms with Gasteiger partial charge in [0, 0.05) is 24.7 Å². The van der Waals surface area contributed by atoms with Crippen LogP contribution < -0.4 is 10.2 Å². The van der Waals surface area contributed by atoms with Crippen LogP contribution in [0.25, 0.3) is 22.0 Å². The normalized spacial score (nSPS) is 12.2. The second kappa shape index (κ2) is 10.9. The zero-order chi connectivity index (χ0) is 20.5. The summed E-state index contributed by atoms with van der Waals surface area (Å²) in [4.78, 5) is 14.1. The molecule has 0 aliphatic rings. The predicted molar refractivity (Wildman–Crippen MR) is 117 cm³/mol. The molecule has 3 aromatic rings. The van der Waals surface area contributed by atoms with Crippen molar-refractivity contribution in [3.05, 3.63) is 60.3 Å². The molecule has 1 atom stereocenters. The van der Waals surface area contributed by atoms with Crippen molar-refractivity contribution in [2.75, 3.05) is 6.54 Å². The molecule has 29 heavy (non-hydrogen) atoms. The first kappa shape index (κ1) is 21.2. The molecule has 0 fully saturated rings. The van der Waals surface area contributed by atoms with Gasteiger partial charge in [-0.15, -0.1) is 0 Å². The van der Waals surface area contributed by atoms with Gasteiger partial charge in [0.25, 0.3) is 0 Å². The Hall–Kier alpha value is -2.48. The molecule has 1 aromatic heterocycles. The smallest absolute Gasteiger partial charge is 0.243 e. The summed E-state index contributed by atoms with van der Waals surface area (Å²) in [5.41, 5.74) is 6.11. The number of unbranched alkanes of at least 4 members (excludes halogenated alkanes) is 3. The number of fused-ring (bicyclic) bond motifs is 1. The Morgan fingerprint density at radius 3 is 2.52 bits per heavy atom. The van der Waals surface area contributed by atoms with Crippen LogP contribution in [0.15, 0.2) is 54.7 Å². The van der Waals surface area contributed by atoms with Gasteiger partial charge in [-0.05, 0) is 53.1 Å². The predicted octanol–water partition coefficient (Wildman–Crippen LogP) is 4.04. The van der Waals surface area contributed by atoms with E-state index in [2.05, 4.69) is 46.1 Å². The van der Waals surface area contributed by atoms with E-state index in [1.54, 1.807) is 5.48 Å². The highest BCUT2D eigenvalue weighted by Gasteiger charge is 2.04. The standard InChI is InChI=1S/C22H27N3O3S/c26-22(25-27)5-3-1-2-4-13-24-29(28)16-17-6-8-18(9-7-17)19-10-11-21-20(15-19)12-14-23-21/h6-12,14-15,23-24,27H,1-5,13,16H2,(H,25,26). The monoisotopic (exact) mass is 413 g/mol. The van der Waals surface area contributed by atoms with Gasteiger partial charge >= 0.3 is 0 Å². The number of aromatic amines is 1. The van der Waals surface area contributed by atoms with E-state index in [4.69, 9.17) is 5.21 Å². The van der Waals surface area contributed by atoms with Gasteiger partial charge in [-0.3, -0.25) is 10.0 Å². The number of benzene rings is 2. The summed E-state index contributed by atoms with van der Waals surface area (Å²) >= 11 is 0. The molecule has 3 rings (SSSR count). The summed E-state index contributed by atoms with van der Waals surface area (Å²) in [6, 6.07) is 16.6. The van der Waals surface area contributed by atoms with Crippen molar-refractivity contribution in [3.8, 4) is 11.1 Å². The van der Waals surface area contributed by atoms with Crippen LogP contribution in [0.4, 0.5) is 0 Å². The fourth-order valence-corrected chi connectivity index (χ4v) is 4.20. The molecule has 1 unspecified atom stereocenters. The van der Waals surface area contributed by atoms with Gasteiger partial charge in [-0.1, -0.05) is 43.2 Å². The molecule has 4 N–H and O–H groups in total. The molecule has 154 valence electrons. The Kier molecular flexibility index (Phi) is 7.98. The van der Waals surface area contributed by atoms with Crippen LogP contribution in [0.5, 0.6) is 0 Å². The summed E-state index contributed by atoms with van der Waals surface area (Å²) in [6.45, 7) is 0.688. The van der Waals surface area contributed by atoms with Crippen LogP contribution in [0.3, 0.4) is 0 Å². The lowest BCUT2D eigenvalue weighted by Gasteiger charge is -2.07. The van der Waals surface area contributed by atoms with Gasteiger partial charge in [0.15, 0.2) is 0 Å². The SMILES string of the molecule is O=C(CCCCCCNS(=O)Cc1ccc(-c2ccc3[nH]ccc3c2)cc1)NO. The van der Waals surface area contributed by atoms with Gasteiger partial charge < -0.3 is 4.98 Å². The third-order valence-corrected chi connectivity index (χ3v) is 5.98. The van der Waals surface area contributed by atoms with E-state index in [-0.39, 0.29) is 5.91 Å². The maximum atomic E-state index is 12.2. The van der Waals surface area contributed by atoms with E-state index in [9.17, 15) is 9.00 Å². The molecule has 0 aliphatic heterocycles. The van der Waals surface area contributed by atoms with Gasteiger partial charge in [-0.25, -0.2) is 14.4 Å². The lowest BCUT2D eigenvalue weighted by Crippen LogP contribution is -2.20. The number of aromatic nitrogens is 1. The number of rotatable bonds is 11. The van der Waals surface area contributed by atoms with Gasteiger partial charge in [0.2, 0.25) is 5.91 Å². The first-order chi connectivity index (χ1) is 14.2. The largest absolute Gasteiger partial charge is 0.361 e. The highest BCUT2D eigenvalue weighted by atomic mass is 32.2. The lowest BCUT2D eigenvalue weighted by molar-refractivity contribution is -0.129. The van der Waals surface area contributed by atoms with Crippen LogP contribution >= 0.6 is 0 Å². The highest BCUT2D eigenvalue weighted by Crippen LogP contribution is 2.24. The molecule has 2 aromatic carbocycles. The van der Waals surface area contributed by atoms with E-state index in [1.807, 2.05) is 18.3 Å². The van der Waals surface area contributed by atoms with Crippen molar-refractivity contribution in [2.24, 2.45) is 0 Å². The molecular formula is C22H27N3O3S. The molecular weight excluding hydrogens is 386 g/mol. The van der Waals surface area contributed by atoms with E-state index < -0.39 is 11.0 Å². The summed E-state index contributed by atoms with van der Waals surface area (Å²) in [7, 11) is -1.10. The van der Waals surface area contributed by atoms with Crippen LogP contribution in [0, 0.1) is 0 Å².